The van der Waals surface area contributed by atoms with Crippen LogP contribution in [0.3, 0.4) is 0 Å². The molecule has 0 unspecified atom stereocenters. The molecule has 68 valence electrons. The van der Waals surface area contributed by atoms with Gasteiger partial charge in [0.15, 0.2) is 0 Å². The summed E-state index contributed by atoms with van der Waals surface area (Å²) in [6.07, 6.45) is 0. The molecule has 1 aromatic carbocycles. The van der Waals surface area contributed by atoms with Gasteiger partial charge in [0.25, 0.3) is 0 Å². The highest BCUT2D eigenvalue weighted by molar-refractivity contribution is 7.19. The van der Waals surface area contributed by atoms with Crippen LogP contribution in [0.15, 0.2) is 24.3 Å². The summed E-state index contributed by atoms with van der Waals surface area (Å²) in [5, 5.41) is 1.43. The van der Waals surface area contributed by atoms with Crippen LogP contribution in [0.5, 0.6) is 0 Å². The van der Waals surface area contributed by atoms with Gasteiger partial charge in [0.1, 0.15) is 0 Å². The summed E-state index contributed by atoms with van der Waals surface area (Å²) in [4.78, 5) is 1.49. The van der Waals surface area contributed by atoms with Gasteiger partial charge in [-0.05, 0) is 35.9 Å². The normalized spacial score (nSPS) is 11.4. The minimum absolute atomic E-state index is 0.650. The molecule has 0 bridgehead atoms. The Balaban J connectivity index is 2.68. The van der Waals surface area contributed by atoms with E-state index in [1.807, 2.05) is 11.3 Å². The quantitative estimate of drug-likeness (QED) is 0.627. The second-order valence-electron chi connectivity index (χ2n) is 3.79. The van der Waals surface area contributed by atoms with Gasteiger partial charge in [0.2, 0.25) is 0 Å². The smallest absolute Gasteiger partial charge is 0.0348 e. The Morgan fingerprint density at radius 2 is 2.00 bits per heavy atom. The van der Waals surface area contributed by atoms with Gasteiger partial charge in [-0.1, -0.05) is 26.0 Å². The molecular formula is C12H14S. The third kappa shape index (κ3) is 1.49. The predicted octanol–water partition coefficient (Wildman–Crippen LogP) is 4.33. The number of benzene rings is 1. The van der Waals surface area contributed by atoms with Gasteiger partial charge in [-0.2, -0.15) is 0 Å². The van der Waals surface area contributed by atoms with E-state index in [0.717, 1.165) is 0 Å². The molecule has 0 saturated carbocycles. The van der Waals surface area contributed by atoms with E-state index in [1.54, 1.807) is 0 Å². The number of hydrogen-bond acceptors (Lipinski definition) is 1. The molecule has 13 heavy (non-hydrogen) atoms. The fourth-order valence-electron chi connectivity index (χ4n) is 1.51. The fourth-order valence-corrected chi connectivity index (χ4v) is 2.65. The first kappa shape index (κ1) is 8.76. The highest BCUT2D eigenvalue weighted by atomic mass is 32.1. The second-order valence-corrected chi connectivity index (χ2v) is 4.91. The fraction of sp³-hybridized carbons (Fsp3) is 0.333. The zero-order valence-corrected chi connectivity index (χ0v) is 9.11. The molecule has 0 N–H and O–H groups in total. The number of fused-ring (bicyclic) bond motifs is 1. The zero-order valence-electron chi connectivity index (χ0n) is 8.29. The van der Waals surface area contributed by atoms with E-state index in [-0.39, 0.29) is 0 Å². The van der Waals surface area contributed by atoms with Crippen molar-refractivity contribution < 1.29 is 0 Å². The van der Waals surface area contributed by atoms with Crippen molar-refractivity contribution >= 4 is 21.4 Å². The number of rotatable bonds is 1. The first-order chi connectivity index (χ1) is 6.18. The van der Waals surface area contributed by atoms with Crippen molar-refractivity contribution in [1.82, 2.24) is 0 Å². The van der Waals surface area contributed by atoms with Crippen LogP contribution in [0.2, 0.25) is 0 Å². The first-order valence-electron chi connectivity index (χ1n) is 4.67. The van der Waals surface area contributed by atoms with Crippen molar-refractivity contribution in [2.75, 3.05) is 0 Å². The van der Waals surface area contributed by atoms with E-state index in [2.05, 4.69) is 45.0 Å². The van der Waals surface area contributed by atoms with E-state index >= 15 is 0 Å². The lowest BCUT2D eigenvalue weighted by atomic mass is 10.1. The summed E-state index contributed by atoms with van der Waals surface area (Å²) in [5.74, 6) is 0.650. The predicted molar refractivity (Wildman–Crippen MR) is 60.7 cm³/mol. The molecule has 1 heterocycles. The van der Waals surface area contributed by atoms with Crippen LogP contribution in [0.4, 0.5) is 0 Å². The van der Waals surface area contributed by atoms with Gasteiger partial charge in [-0.15, -0.1) is 11.3 Å². The molecule has 0 radical (unpaired) electrons. The lowest BCUT2D eigenvalue weighted by Gasteiger charge is -1.96. The van der Waals surface area contributed by atoms with Crippen LogP contribution < -0.4 is 0 Å². The average Bonchev–Trinajstić information content (AvgIpc) is 2.49. The molecule has 1 heteroatoms. The van der Waals surface area contributed by atoms with Crippen LogP contribution in [0.25, 0.3) is 10.1 Å². The summed E-state index contributed by atoms with van der Waals surface area (Å²) >= 11 is 1.92. The maximum Gasteiger partial charge on any atom is 0.0348 e. The van der Waals surface area contributed by atoms with Crippen molar-refractivity contribution in [1.29, 1.82) is 0 Å². The van der Waals surface area contributed by atoms with Gasteiger partial charge in [-0.3, -0.25) is 0 Å². The van der Waals surface area contributed by atoms with Crippen molar-refractivity contribution in [2.45, 2.75) is 26.7 Å². The maximum absolute atomic E-state index is 2.33. The molecule has 0 aliphatic carbocycles. The molecule has 0 aliphatic heterocycles. The van der Waals surface area contributed by atoms with Gasteiger partial charge < -0.3 is 0 Å². The minimum atomic E-state index is 0.650. The molecule has 0 atom stereocenters. The number of hydrogen-bond donors (Lipinski definition) is 0. The Morgan fingerprint density at radius 1 is 1.23 bits per heavy atom. The van der Waals surface area contributed by atoms with Crippen molar-refractivity contribution in [3.8, 4) is 0 Å². The Labute approximate surface area is 83.2 Å². The van der Waals surface area contributed by atoms with Crippen LogP contribution in [0, 0.1) is 6.92 Å². The molecule has 2 aromatic rings. The van der Waals surface area contributed by atoms with Gasteiger partial charge in [-0.25, -0.2) is 0 Å². The molecular weight excluding hydrogens is 176 g/mol. The van der Waals surface area contributed by atoms with Crippen LogP contribution in [-0.4, -0.2) is 0 Å². The molecule has 0 saturated heterocycles. The first-order valence-corrected chi connectivity index (χ1v) is 5.49. The van der Waals surface area contributed by atoms with Gasteiger partial charge in [0, 0.05) is 9.58 Å². The highest BCUT2D eigenvalue weighted by Gasteiger charge is 2.05. The summed E-state index contributed by atoms with van der Waals surface area (Å²) in [6.45, 7) is 6.68. The maximum atomic E-state index is 2.33. The SMILES string of the molecule is Cc1cccc2sc(C(C)C)cc12. The van der Waals surface area contributed by atoms with E-state index < -0.39 is 0 Å². The minimum Gasteiger partial charge on any atom is -0.140 e. The van der Waals surface area contributed by atoms with Crippen molar-refractivity contribution in [3.63, 3.8) is 0 Å². The summed E-state index contributed by atoms with van der Waals surface area (Å²) in [5.41, 5.74) is 1.39. The van der Waals surface area contributed by atoms with Gasteiger partial charge in [0.05, 0.1) is 0 Å². The molecule has 2 rings (SSSR count). The van der Waals surface area contributed by atoms with E-state index in [4.69, 9.17) is 0 Å². The molecule has 0 nitrogen and oxygen atoms in total. The Hall–Kier alpha value is -0.820. The van der Waals surface area contributed by atoms with Gasteiger partial charge >= 0.3 is 0 Å². The van der Waals surface area contributed by atoms with E-state index in [1.165, 1.54) is 20.5 Å². The standard InChI is InChI=1S/C12H14S/c1-8(2)12-7-10-9(3)5-4-6-11(10)13-12/h4-8H,1-3H3. The van der Waals surface area contributed by atoms with Crippen molar-refractivity contribution in [3.05, 3.63) is 34.7 Å². The lowest BCUT2D eigenvalue weighted by Crippen LogP contribution is -1.78. The Kier molecular flexibility index (Phi) is 2.12. The average molecular weight is 190 g/mol. The largest absolute Gasteiger partial charge is 0.140 e. The third-order valence-electron chi connectivity index (χ3n) is 2.37. The Bertz CT molecular complexity index is 424. The third-order valence-corrected chi connectivity index (χ3v) is 3.77. The lowest BCUT2D eigenvalue weighted by molar-refractivity contribution is 0.890. The summed E-state index contributed by atoms with van der Waals surface area (Å²) in [6, 6.07) is 8.86. The Morgan fingerprint density at radius 3 is 2.62 bits per heavy atom. The van der Waals surface area contributed by atoms with Crippen molar-refractivity contribution in [2.24, 2.45) is 0 Å². The zero-order chi connectivity index (χ0) is 9.42. The van der Waals surface area contributed by atoms with Crippen LogP contribution in [0.1, 0.15) is 30.2 Å². The molecule has 0 amide bonds. The van der Waals surface area contributed by atoms with E-state index in [9.17, 15) is 0 Å². The second kappa shape index (κ2) is 3.15. The molecule has 0 aliphatic rings. The van der Waals surface area contributed by atoms with E-state index in [0.29, 0.717) is 5.92 Å². The van der Waals surface area contributed by atoms with Crippen LogP contribution in [-0.2, 0) is 0 Å². The molecule has 0 spiro atoms. The summed E-state index contributed by atoms with van der Waals surface area (Å²) in [7, 11) is 0. The highest BCUT2D eigenvalue weighted by Crippen LogP contribution is 2.32. The topological polar surface area (TPSA) is 0 Å². The molecule has 1 aromatic heterocycles. The molecule has 0 fully saturated rings. The number of thiophene rings is 1. The number of aryl methyl sites for hydroxylation is 1. The van der Waals surface area contributed by atoms with Crippen LogP contribution >= 0.6 is 11.3 Å². The monoisotopic (exact) mass is 190 g/mol. The summed E-state index contributed by atoms with van der Waals surface area (Å²) < 4.78 is 1.42.